The number of amides is 3. The number of hydrogen-bond acceptors (Lipinski definition) is 4. The summed E-state index contributed by atoms with van der Waals surface area (Å²) in [6.45, 7) is 3.76. The Morgan fingerprint density at radius 1 is 1.07 bits per heavy atom. The summed E-state index contributed by atoms with van der Waals surface area (Å²) in [5, 5.41) is 5.66. The van der Waals surface area contributed by atoms with Crippen molar-refractivity contribution >= 4 is 17.6 Å². The van der Waals surface area contributed by atoms with E-state index in [9.17, 15) is 22.8 Å². The number of rotatable bonds is 4. The average molecular weight is 427 g/mol. The van der Waals surface area contributed by atoms with Gasteiger partial charge in [0.15, 0.2) is 0 Å². The van der Waals surface area contributed by atoms with Gasteiger partial charge in [0, 0.05) is 58.0 Å². The van der Waals surface area contributed by atoms with Crippen LogP contribution in [0.1, 0.15) is 18.4 Å². The van der Waals surface area contributed by atoms with Gasteiger partial charge in [-0.05, 0) is 31.0 Å². The maximum absolute atomic E-state index is 12.9. The molecule has 0 spiro atoms. The van der Waals surface area contributed by atoms with Crippen molar-refractivity contribution in [1.82, 2.24) is 20.4 Å². The zero-order valence-corrected chi connectivity index (χ0v) is 17.0. The fraction of sp³-hybridized carbons (Fsp3) is 0.600. The smallest absolute Gasteiger partial charge is 0.368 e. The number of piperazine rings is 1. The summed E-state index contributed by atoms with van der Waals surface area (Å²) in [7, 11) is 1.61. The highest BCUT2D eigenvalue weighted by atomic mass is 19.4. The molecule has 0 aliphatic carbocycles. The third-order valence-electron chi connectivity index (χ3n) is 5.67. The molecule has 0 aromatic heterocycles. The Morgan fingerprint density at radius 3 is 2.33 bits per heavy atom. The summed E-state index contributed by atoms with van der Waals surface area (Å²) < 4.78 is 38.8. The molecule has 0 saturated carbocycles. The van der Waals surface area contributed by atoms with Crippen molar-refractivity contribution in [2.75, 3.05) is 57.8 Å². The first-order valence-electron chi connectivity index (χ1n) is 10.2. The van der Waals surface area contributed by atoms with Gasteiger partial charge >= 0.3 is 12.2 Å². The first kappa shape index (κ1) is 22.2. The van der Waals surface area contributed by atoms with Crippen LogP contribution in [-0.2, 0) is 11.0 Å². The van der Waals surface area contributed by atoms with Gasteiger partial charge in [-0.15, -0.1) is 0 Å². The number of benzene rings is 1. The van der Waals surface area contributed by atoms with E-state index in [-0.39, 0.29) is 18.0 Å². The van der Waals surface area contributed by atoms with Crippen molar-refractivity contribution < 1.29 is 22.8 Å². The number of alkyl halides is 3. The fourth-order valence-electron chi connectivity index (χ4n) is 3.83. The van der Waals surface area contributed by atoms with Crippen LogP contribution in [0.5, 0.6) is 0 Å². The number of carbonyl (C=O) groups is 2. The van der Waals surface area contributed by atoms with Gasteiger partial charge in [-0.25, -0.2) is 4.79 Å². The number of carbonyl (C=O) groups excluding carboxylic acids is 2. The van der Waals surface area contributed by atoms with E-state index in [0.717, 1.165) is 38.1 Å². The molecule has 10 heteroatoms. The predicted octanol–water partition coefficient (Wildman–Crippen LogP) is 1.75. The minimum atomic E-state index is -4.37. The molecule has 1 aromatic rings. The Bertz CT molecular complexity index is 742. The zero-order chi connectivity index (χ0) is 21.7. The first-order valence-corrected chi connectivity index (χ1v) is 10.2. The Labute approximate surface area is 174 Å². The molecule has 2 N–H and O–H groups in total. The van der Waals surface area contributed by atoms with Crippen LogP contribution in [-0.4, -0.2) is 80.6 Å². The monoisotopic (exact) mass is 427 g/mol. The van der Waals surface area contributed by atoms with E-state index in [0.29, 0.717) is 38.4 Å². The molecule has 2 aliphatic rings. The van der Waals surface area contributed by atoms with E-state index >= 15 is 0 Å². The summed E-state index contributed by atoms with van der Waals surface area (Å²) >= 11 is 0. The molecule has 3 rings (SSSR count). The molecule has 0 radical (unpaired) electrons. The number of hydrogen-bond donors (Lipinski definition) is 2. The SMILES string of the molecule is CNC(=O)CN1CCC(NC(=O)N2CCN(c3cccc(C(F)(F)F)c3)CC2)CC1. The number of piperidine rings is 1. The van der Waals surface area contributed by atoms with Gasteiger partial charge in [-0.3, -0.25) is 9.69 Å². The van der Waals surface area contributed by atoms with Crippen LogP contribution >= 0.6 is 0 Å². The second-order valence-electron chi connectivity index (χ2n) is 7.70. The van der Waals surface area contributed by atoms with E-state index in [2.05, 4.69) is 15.5 Å². The van der Waals surface area contributed by atoms with E-state index in [4.69, 9.17) is 0 Å². The number of nitrogens with one attached hydrogen (secondary N) is 2. The maximum atomic E-state index is 12.9. The van der Waals surface area contributed by atoms with Gasteiger partial charge in [0.25, 0.3) is 0 Å². The molecule has 1 aromatic carbocycles. The lowest BCUT2D eigenvalue weighted by Crippen LogP contribution is -2.55. The van der Waals surface area contributed by atoms with Gasteiger partial charge < -0.3 is 20.4 Å². The van der Waals surface area contributed by atoms with E-state index < -0.39 is 11.7 Å². The van der Waals surface area contributed by atoms with Crippen LogP contribution in [0.4, 0.5) is 23.7 Å². The van der Waals surface area contributed by atoms with E-state index in [1.807, 2.05) is 4.90 Å². The van der Waals surface area contributed by atoms with Gasteiger partial charge in [-0.1, -0.05) is 6.07 Å². The van der Waals surface area contributed by atoms with Crippen molar-refractivity contribution in [2.24, 2.45) is 0 Å². The number of nitrogens with zero attached hydrogens (tertiary/aromatic N) is 3. The molecule has 7 nitrogen and oxygen atoms in total. The molecule has 0 atom stereocenters. The fourth-order valence-corrected chi connectivity index (χ4v) is 3.83. The molecule has 2 saturated heterocycles. The lowest BCUT2D eigenvalue weighted by molar-refractivity contribution is -0.137. The Kier molecular flexibility index (Phi) is 7.06. The maximum Gasteiger partial charge on any atom is 0.416 e. The first-order chi connectivity index (χ1) is 14.3. The van der Waals surface area contributed by atoms with Crippen molar-refractivity contribution in [3.63, 3.8) is 0 Å². The van der Waals surface area contributed by atoms with E-state index in [1.54, 1.807) is 18.0 Å². The van der Waals surface area contributed by atoms with Crippen molar-refractivity contribution in [2.45, 2.75) is 25.1 Å². The van der Waals surface area contributed by atoms with Crippen molar-refractivity contribution in [3.05, 3.63) is 29.8 Å². The molecular weight excluding hydrogens is 399 g/mol. The standard InChI is InChI=1S/C20H28F3N5O2/c1-24-18(29)14-26-7-5-16(6-8-26)25-19(30)28-11-9-27(10-12-28)17-4-2-3-15(13-17)20(21,22)23/h2-4,13,16H,5-12,14H2,1H3,(H,24,29)(H,25,30). The molecule has 30 heavy (non-hydrogen) atoms. The third-order valence-corrected chi connectivity index (χ3v) is 5.67. The topological polar surface area (TPSA) is 67.9 Å². The molecular formula is C20H28F3N5O2. The van der Waals surface area contributed by atoms with Crippen molar-refractivity contribution in [3.8, 4) is 0 Å². The van der Waals surface area contributed by atoms with Gasteiger partial charge in [0.2, 0.25) is 5.91 Å². The average Bonchev–Trinajstić information content (AvgIpc) is 2.74. The molecule has 2 fully saturated rings. The number of likely N-dealkylation sites (tertiary alicyclic amines) is 1. The normalized spacial score (nSPS) is 18.9. The number of anilines is 1. The second kappa shape index (κ2) is 9.55. The highest BCUT2D eigenvalue weighted by Crippen LogP contribution is 2.31. The Morgan fingerprint density at radius 2 is 1.73 bits per heavy atom. The number of likely N-dealkylation sites (N-methyl/N-ethyl adjacent to an activating group) is 1. The number of halogens is 3. The number of urea groups is 1. The van der Waals surface area contributed by atoms with Crippen LogP contribution in [0.2, 0.25) is 0 Å². The summed E-state index contributed by atoms with van der Waals surface area (Å²) in [4.78, 5) is 29.7. The molecule has 3 amide bonds. The quantitative estimate of drug-likeness (QED) is 0.769. The Hall–Kier alpha value is -2.49. The summed E-state index contributed by atoms with van der Waals surface area (Å²) in [6, 6.07) is 5.23. The summed E-state index contributed by atoms with van der Waals surface area (Å²) in [5.41, 5.74) is -0.142. The zero-order valence-electron chi connectivity index (χ0n) is 17.0. The van der Waals surface area contributed by atoms with Crippen LogP contribution < -0.4 is 15.5 Å². The third kappa shape index (κ3) is 5.78. The van der Waals surface area contributed by atoms with Gasteiger partial charge in [0.05, 0.1) is 12.1 Å². The summed E-state index contributed by atoms with van der Waals surface area (Å²) in [5.74, 6) is -0.0175. The Balaban J connectivity index is 1.44. The minimum absolute atomic E-state index is 0.0175. The molecule has 2 aliphatic heterocycles. The minimum Gasteiger partial charge on any atom is -0.368 e. The lowest BCUT2D eigenvalue weighted by Gasteiger charge is -2.38. The van der Waals surface area contributed by atoms with Crippen LogP contribution in [0.3, 0.4) is 0 Å². The van der Waals surface area contributed by atoms with Crippen molar-refractivity contribution in [1.29, 1.82) is 0 Å². The van der Waals surface area contributed by atoms with Gasteiger partial charge in [-0.2, -0.15) is 13.2 Å². The van der Waals surface area contributed by atoms with Crippen LogP contribution in [0, 0.1) is 0 Å². The lowest BCUT2D eigenvalue weighted by atomic mass is 10.1. The van der Waals surface area contributed by atoms with Crippen LogP contribution in [0.15, 0.2) is 24.3 Å². The second-order valence-corrected chi connectivity index (χ2v) is 7.70. The molecule has 166 valence electrons. The predicted molar refractivity (Wildman–Crippen MR) is 107 cm³/mol. The molecule has 2 heterocycles. The largest absolute Gasteiger partial charge is 0.416 e. The van der Waals surface area contributed by atoms with Crippen LogP contribution in [0.25, 0.3) is 0 Å². The van der Waals surface area contributed by atoms with Gasteiger partial charge in [0.1, 0.15) is 0 Å². The van der Waals surface area contributed by atoms with E-state index in [1.165, 1.54) is 6.07 Å². The molecule has 0 bridgehead atoms. The highest BCUT2D eigenvalue weighted by Gasteiger charge is 2.31. The summed E-state index contributed by atoms with van der Waals surface area (Å²) in [6.07, 6.45) is -2.80. The highest BCUT2D eigenvalue weighted by molar-refractivity contribution is 5.77. The molecule has 0 unspecified atom stereocenters.